The second-order valence-electron chi connectivity index (χ2n) is 4.64. The lowest BCUT2D eigenvalue weighted by Crippen LogP contribution is -2.39. The van der Waals surface area contributed by atoms with E-state index in [1.807, 2.05) is 24.3 Å². The summed E-state index contributed by atoms with van der Waals surface area (Å²) in [7, 11) is 0. The van der Waals surface area contributed by atoms with Crippen LogP contribution in [0.2, 0.25) is 0 Å². The van der Waals surface area contributed by atoms with Crippen molar-refractivity contribution in [3.05, 3.63) is 29.3 Å². The first kappa shape index (κ1) is 12.5. The van der Waals surface area contributed by atoms with Crippen LogP contribution in [0.25, 0.3) is 10.2 Å². The van der Waals surface area contributed by atoms with E-state index in [9.17, 15) is 9.90 Å². The summed E-state index contributed by atoms with van der Waals surface area (Å²) in [5, 5.41) is 16.1. The molecule has 2 aromatic rings. The van der Waals surface area contributed by atoms with Gasteiger partial charge in [0.25, 0.3) is 0 Å². The molecule has 0 bridgehead atoms. The van der Waals surface area contributed by atoms with Gasteiger partial charge in [0.1, 0.15) is 5.01 Å². The van der Waals surface area contributed by atoms with Gasteiger partial charge < -0.3 is 15.7 Å². The molecule has 1 aromatic carbocycles. The molecule has 0 radical (unpaired) electrons. The van der Waals surface area contributed by atoms with E-state index in [4.69, 9.17) is 0 Å². The standard InChI is InChI=1S/C13H15N3O2S/c17-8-5-10(14-6-8)13(18)15-7-12-16-9-3-1-2-4-11(9)19-12/h1-4,8,10,14,17H,5-7H2,(H,15,18). The quantitative estimate of drug-likeness (QED) is 0.769. The molecule has 19 heavy (non-hydrogen) atoms. The predicted molar refractivity (Wildman–Crippen MR) is 73.9 cm³/mol. The molecule has 1 aliphatic rings. The minimum atomic E-state index is -0.418. The number of para-hydroxylation sites is 1. The maximum atomic E-state index is 11.9. The van der Waals surface area contributed by atoms with Crippen molar-refractivity contribution in [2.45, 2.75) is 25.1 Å². The van der Waals surface area contributed by atoms with Gasteiger partial charge in [0.05, 0.1) is 28.9 Å². The largest absolute Gasteiger partial charge is 0.392 e. The molecule has 100 valence electrons. The van der Waals surface area contributed by atoms with Crippen molar-refractivity contribution >= 4 is 27.5 Å². The van der Waals surface area contributed by atoms with Gasteiger partial charge in [-0.15, -0.1) is 11.3 Å². The number of rotatable bonds is 3. The van der Waals surface area contributed by atoms with Crippen LogP contribution in [0.3, 0.4) is 0 Å². The number of nitrogens with one attached hydrogen (secondary N) is 2. The summed E-state index contributed by atoms with van der Waals surface area (Å²) >= 11 is 1.59. The van der Waals surface area contributed by atoms with Gasteiger partial charge in [-0.1, -0.05) is 12.1 Å². The molecular weight excluding hydrogens is 262 g/mol. The smallest absolute Gasteiger partial charge is 0.237 e. The van der Waals surface area contributed by atoms with Crippen LogP contribution in [-0.4, -0.2) is 34.7 Å². The van der Waals surface area contributed by atoms with E-state index >= 15 is 0 Å². The van der Waals surface area contributed by atoms with E-state index in [0.29, 0.717) is 19.5 Å². The van der Waals surface area contributed by atoms with Gasteiger partial charge in [-0.25, -0.2) is 4.98 Å². The third kappa shape index (κ3) is 2.75. The lowest BCUT2D eigenvalue weighted by atomic mass is 10.2. The number of nitrogens with zero attached hydrogens (tertiary/aromatic N) is 1. The summed E-state index contributed by atoms with van der Waals surface area (Å²) in [4.78, 5) is 16.3. The summed E-state index contributed by atoms with van der Waals surface area (Å²) in [6.07, 6.45) is 0.0595. The molecule has 0 spiro atoms. The molecule has 3 rings (SSSR count). The van der Waals surface area contributed by atoms with E-state index in [2.05, 4.69) is 15.6 Å². The highest BCUT2D eigenvalue weighted by Gasteiger charge is 2.27. The molecule has 0 saturated carbocycles. The number of benzene rings is 1. The third-order valence-corrected chi connectivity index (χ3v) is 4.21. The molecule has 1 saturated heterocycles. The monoisotopic (exact) mass is 277 g/mol. The van der Waals surface area contributed by atoms with Gasteiger partial charge in [-0.3, -0.25) is 4.79 Å². The molecule has 1 amide bonds. The first-order valence-corrected chi connectivity index (χ1v) is 7.07. The number of β-amino-alcohol motifs (C(OH)–C–C–N with tert-alkyl or cyclic N) is 1. The van der Waals surface area contributed by atoms with Crippen molar-refractivity contribution in [2.75, 3.05) is 6.54 Å². The predicted octanol–water partition coefficient (Wildman–Crippen LogP) is 0.635. The average Bonchev–Trinajstić information content (AvgIpc) is 3.01. The molecule has 2 unspecified atom stereocenters. The fraction of sp³-hybridized carbons (Fsp3) is 0.385. The molecule has 3 N–H and O–H groups in total. The normalized spacial score (nSPS) is 22.8. The summed E-state index contributed by atoms with van der Waals surface area (Å²) in [5.74, 6) is -0.0733. The van der Waals surface area contributed by atoms with Crippen LogP contribution < -0.4 is 10.6 Å². The number of hydrogen-bond donors (Lipinski definition) is 3. The Morgan fingerprint density at radius 1 is 1.53 bits per heavy atom. The summed E-state index contributed by atoms with van der Waals surface area (Å²) < 4.78 is 1.13. The van der Waals surface area contributed by atoms with Crippen LogP contribution in [0, 0.1) is 0 Å². The Labute approximate surface area is 114 Å². The fourth-order valence-electron chi connectivity index (χ4n) is 2.20. The van der Waals surface area contributed by atoms with Crippen molar-refractivity contribution in [3.8, 4) is 0 Å². The number of thiazole rings is 1. The molecule has 5 nitrogen and oxygen atoms in total. The van der Waals surface area contributed by atoms with Gasteiger partial charge >= 0.3 is 0 Å². The molecule has 1 aromatic heterocycles. The van der Waals surface area contributed by atoms with E-state index in [0.717, 1.165) is 15.2 Å². The Kier molecular flexibility index (Phi) is 3.46. The fourth-order valence-corrected chi connectivity index (χ4v) is 3.11. The Hall–Kier alpha value is -1.50. The average molecular weight is 277 g/mol. The van der Waals surface area contributed by atoms with Crippen molar-refractivity contribution in [1.82, 2.24) is 15.6 Å². The summed E-state index contributed by atoms with van der Waals surface area (Å²) in [6.45, 7) is 0.922. The van der Waals surface area contributed by atoms with Gasteiger partial charge in [0.15, 0.2) is 0 Å². The van der Waals surface area contributed by atoms with Gasteiger partial charge in [0.2, 0.25) is 5.91 Å². The second-order valence-corrected chi connectivity index (χ2v) is 5.76. The molecule has 6 heteroatoms. The molecular formula is C13H15N3O2S. The number of aliphatic hydroxyl groups excluding tert-OH is 1. The highest BCUT2D eigenvalue weighted by Crippen LogP contribution is 2.21. The number of aliphatic hydroxyl groups is 1. The van der Waals surface area contributed by atoms with Crippen molar-refractivity contribution in [2.24, 2.45) is 0 Å². The zero-order chi connectivity index (χ0) is 13.2. The first-order chi connectivity index (χ1) is 9.22. The molecule has 2 atom stereocenters. The molecule has 0 aliphatic carbocycles. The zero-order valence-electron chi connectivity index (χ0n) is 10.3. The van der Waals surface area contributed by atoms with E-state index in [1.54, 1.807) is 11.3 Å². The van der Waals surface area contributed by atoms with Crippen LogP contribution in [-0.2, 0) is 11.3 Å². The Balaban J connectivity index is 1.61. The number of fused-ring (bicyclic) bond motifs is 1. The highest BCUT2D eigenvalue weighted by atomic mass is 32.1. The van der Waals surface area contributed by atoms with Gasteiger partial charge in [0, 0.05) is 6.54 Å². The minimum Gasteiger partial charge on any atom is -0.392 e. The van der Waals surface area contributed by atoms with E-state index in [1.165, 1.54) is 0 Å². The number of carbonyl (C=O) groups excluding carboxylic acids is 1. The van der Waals surface area contributed by atoms with Crippen LogP contribution in [0.5, 0.6) is 0 Å². The van der Waals surface area contributed by atoms with Crippen molar-refractivity contribution < 1.29 is 9.90 Å². The van der Waals surface area contributed by atoms with Crippen molar-refractivity contribution in [1.29, 1.82) is 0 Å². The summed E-state index contributed by atoms with van der Waals surface area (Å²) in [5.41, 5.74) is 0.964. The number of aromatic nitrogens is 1. The Morgan fingerprint density at radius 2 is 2.37 bits per heavy atom. The maximum absolute atomic E-state index is 11.9. The summed E-state index contributed by atoms with van der Waals surface area (Å²) in [6, 6.07) is 7.63. The first-order valence-electron chi connectivity index (χ1n) is 6.26. The van der Waals surface area contributed by atoms with Gasteiger partial charge in [-0.05, 0) is 18.6 Å². The highest BCUT2D eigenvalue weighted by molar-refractivity contribution is 7.18. The molecule has 2 heterocycles. The number of amides is 1. The minimum absolute atomic E-state index is 0.0733. The Bertz CT molecular complexity index is 565. The topological polar surface area (TPSA) is 74.2 Å². The molecule has 1 fully saturated rings. The second kappa shape index (κ2) is 5.24. The van der Waals surface area contributed by atoms with Crippen LogP contribution in [0.4, 0.5) is 0 Å². The van der Waals surface area contributed by atoms with Crippen LogP contribution in [0.1, 0.15) is 11.4 Å². The lowest BCUT2D eigenvalue weighted by Gasteiger charge is -2.09. The van der Waals surface area contributed by atoms with Gasteiger partial charge in [-0.2, -0.15) is 0 Å². The van der Waals surface area contributed by atoms with Crippen molar-refractivity contribution in [3.63, 3.8) is 0 Å². The van der Waals surface area contributed by atoms with E-state index < -0.39 is 6.10 Å². The number of hydrogen-bond acceptors (Lipinski definition) is 5. The molecule has 1 aliphatic heterocycles. The van der Waals surface area contributed by atoms with Crippen LogP contribution in [0.15, 0.2) is 24.3 Å². The maximum Gasteiger partial charge on any atom is 0.237 e. The number of carbonyl (C=O) groups is 1. The third-order valence-electron chi connectivity index (χ3n) is 3.18. The SMILES string of the molecule is O=C(NCc1nc2ccccc2s1)C1CC(O)CN1. The van der Waals surface area contributed by atoms with Crippen LogP contribution >= 0.6 is 11.3 Å². The lowest BCUT2D eigenvalue weighted by molar-refractivity contribution is -0.123. The Morgan fingerprint density at radius 3 is 3.11 bits per heavy atom. The van der Waals surface area contributed by atoms with E-state index in [-0.39, 0.29) is 11.9 Å². The zero-order valence-corrected chi connectivity index (χ0v) is 11.1.